The molecule has 0 radical (unpaired) electrons. The fourth-order valence-electron chi connectivity index (χ4n) is 5.39. The first kappa shape index (κ1) is 26.5. The number of aromatic nitrogens is 5. The number of aryl methyl sites for hydroxylation is 2. The van der Waals surface area contributed by atoms with Crippen molar-refractivity contribution >= 4 is 27.7 Å². The molecule has 0 fully saturated rings. The number of hydrogen-bond donors (Lipinski definition) is 4. The van der Waals surface area contributed by atoms with E-state index in [1.807, 2.05) is 42.6 Å². The Bertz CT molecular complexity index is 1790. The number of nitrogens with one attached hydrogen (secondary N) is 3. The van der Waals surface area contributed by atoms with Crippen LogP contribution in [0.15, 0.2) is 91.3 Å². The highest BCUT2D eigenvalue weighted by Crippen LogP contribution is 2.26. The summed E-state index contributed by atoms with van der Waals surface area (Å²) in [7, 11) is 0. The fourth-order valence-corrected chi connectivity index (χ4v) is 5.39. The largest absolute Gasteiger partial charge is 0.361 e. The highest BCUT2D eigenvalue weighted by atomic mass is 16.2. The maximum Gasteiger partial charge on any atom is 0.240 e. The minimum atomic E-state index is -1.04. The van der Waals surface area contributed by atoms with Gasteiger partial charge in [-0.15, -0.1) is 10.2 Å². The van der Waals surface area contributed by atoms with Crippen molar-refractivity contribution in [1.82, 2.24) is 30.0 Å². The van der Waals surface area contributed by atoms with Crippen LogP contribution in [-0.2, 0) is 30.6 Å². The van der Waals surface area contributed by atoms with E-state index in [2.05, 4.69) is 73.6 Å². The average Bonchev–Trinajstić information content (AvgIpc) is 3.69. The molecule has 0 saturated carbocycles. The second-order valence-electron chi connectivity index (χ2n) is 11.2. The zero-order valence-corrected chi connectivity index (χ0v) is 23.4. The number of amides is 1. The molecule has 1 amide bonds. The first-order valence-electron chi connectivity index (χ1n) is 14.0. The van der Waals surface area contributed by atoms with Gasteiger partial charge < -0.3 is 25.6 Å². The Morgan fingerprint density at radius 3 is 2.15 bits per heavy atom. The third-order valence-electron chi connectivity index (χ3n) is 7.63. The fraction of sp³-hybridized carbons (Fsp3) is 0.242. The summed E-state index contributed by atoms with van der Waals surface area (Å²) in [5, 5.41) is 14.9. The van der Waals surface area contributed by atoms with Crippen molar-refractivity contribution in [2.24, 2.45) is 5.73 Å². The van der Waals surface area contributed by atoms with Gasteiger partial charge in [0.25, 0.3) is 0 Å². The number of nitrogens with zero attached hydrogens (tertiary/aromatic N) is 3. The van der Waals surface area contributed by atoms with Gasteiger partial charge in [0.05, 0.1) is 18.1 Å². The number of benzene rings is 3. The Kier molecular flexibility index (Phi) is 7.15. The monoisotopic (exact) mass is 545 g/mol. The van der Waals surface area contributed by atoms with Gasteiger partial charge in [0.2, 0.25) is 5.91 Å². The number of carbonyl (C=O) groups is 1. The Labute approximate surface area is 239 Å². The number of hydrogen-bond acceptors (Lipinski definition) is 4. The van der Waals surface area contributed by atoms with E-state index >= 15 is 0 Å². The van der Waals surface area contributed by atoms with E-state index in [9.17, 15) is 4.79 Å². The molecule has 0 bridgehead atoms. The highest BCUT2D eigenvalue weighted by molar-refractivity contribution is 5.86. The van der Waals surface area contributed by atoms with Crippen LogP contribution in [0.2, 0.25) is 0 Å². The minimum absolute atomic E-state index is 0.239. The second-order valence-corrected chi connectivity index (χ2v) is 11.2. The van der Waals surface area contributed by atoms with E-state index < -0.39 is 11.6 Å². The lowest BCUT2D eigenvalue weighted by molar-refractivity contribution is -0.126. The normalized spacial score (nSPS) is 12.7. The van der Waals surface area contributed by atoms with Crippen molar-refractivity contribution in [1.29, 1.82) is 0 Å². The smallest absolute Gasteiger partial charge is 0.240 e. The predicted octanol–water partition coefficient (Wildman–Crippen LogP) is 5.21. The molecule has 8 heteroatoms. The van der Waals surface area contributed by atoms with Gasteiger partial charge in [-0.3, -0.25) is 4.79 Å². The summed E-state index contributed by atoms with van der Waals surface area (Å²) >= 11 is 0. The summed E-state index contributed by atoms with van der Waals surface area (Å²) in [6, 6.07) is 26.4. The number of para-hydroxylation sites is 2. The van der Waals surface area contributed by atoms with E-state index in [0.717, 1.165) is 39.8 Å². The summed E-state index contributed by atoms with van der Waals surface area (Å²) in [5.41, 5.74) is 10.8. The quantitative estimate of drug-likeness (QED) is 0.189. The van der Waals surface area contributed by atoms with E-state index in [0.29, 0.717) is 25.2 Å². The van der Waals surface area contributed by atoms with Gasteiger partial charge in [-0.05, 0) is 49.1 Å². The molecular weight excluding hydrogens is 510 g/mol. The predicted molar refractivity (Wildman–Crippen MR) is 162 cm³/mol. The SMILES string of the molecule is CC(C)(N)C(=O)N[C@H](Cc1c[nH]c2ccccc12)c1nnc(CCc2c[nH]c3ccccc23)n1Cc1ccccc1. The zero-order valence-electron chi connectivity index (χ0n) is 23.4. The summed E-state index contributed by atoms with van der Waals surface area (Å²) in [6.45, 7) is 4.03. The Morgan fingerprint density at radius 1 is 0.854 bits per heavy atom. The molecule has 0 spiro atoms. The first-order chi connectivity index (χ1) is 19.9. The molecule has 0 saturated heterocycles. The number of carbonyl (C=O) groups excluding carboxylic acids is 1. The molecule has 208 valence electrons. The van der Waals surface area contributed by atoms with Crippen LogP contribution in [0, 0.1) is 0 Å². The lowest BCUT2D eigenvalue weighted by Crippen LogP contribution is -2.50. The van der Waals surface area contributed by atoms with E-state index in [-0.39, 0.29) is 5.91 Å². The van der Waals surface area contributed by atoms with E-state index in [4.69, 9.17) is 10.8 Å². The van der Waals surface area contributed by atoms with E-state index in [1.165, 1.54) is 10.9 Å². The van der Waals surface area contributed by atoms with Crippen molar-refractivity contribution < 1.29 is 4.79 Å². The Hall–Kier alpha value is -4.69. The molecule has 6 rings (SSSR count). The average molecular weight is 546 g/mol. The molecule has 3 aromatic carbocycles. The molecule has 3 aromatic heterocycles. The standard InChI is InChI=1S/C33H35N7O/c1-33(2,34)32(41)37-29(18-24-20-36-28-15-9-7-13-26(24)28)31-39-38-30(40(31)21-22-10-4-3-5-11-22)17-16-23-19-35-27-14-8-6-12-25(23)27/h3-15,19-20,29,35-36H,16-18,21,34H2,1-2H3,(H,37,41)/t29-/m1/s1. The molecule has 0 aliphatic rings. The van der Waals surface area contributed by atoms with Crippen LogP contribution in [0.3, 0.4) is 0 Å². The maximum atomic E-state index is 13.2. The van der Waals surface area contributed by atoms with Crippen molar-refractivity contribution in [3.8, 4) is 0 Å². The van der Waals surface area contributed by atoms with Crippen LogP contribution in [0.25, 0.3) is 21.8 Å². The molecule has 41 heavy (non-hydrogen) atoms. The minimum Gasteiger partial charge on any atom is -0.361 e. The van der Waals surface area contributed by atoms with Crippen molar-refractivity contribution in [3.05, 3.63) is 120 Å². The molecule has 0 aliphatic heterocycles. The number of rotatable bonds is 10. The van der Waals surface area contributed by atoms with Gasteiger partial charge in [-0.25, -0.2) is 0 Å². The van der Waals surface area contributed by atoms with Crippen LogP contribution in [-0.4, -0.2) is 36.2 Å². The molecule has 0 aliphatic carbocycles. The van der Waals surface area contributed by atoms with Gasteiger partial charge in [0.1, 0.15) is 5.82 Å². The van der Waals surface area contributed by atoms with Crippen molar-refractivity contribution in [2.75, 3.05) is 0 Å². The van der Waals surface area contributed by atoms with Gasteiger partial charge in [-0.2, -0.15) is 0 Å². The molecular formula is C33H35N7O. The third kappa shape index (κ3) is 5.64. The molecule has 6 aromatic rings. The van der Waals surface area contributed by atoms with Crippen LogP contribution >= 0.6 is 0 Å². The van der Waals surface area contributed by atoms with Crippen LogP contribution in [0.4, 0.5) is 0 Å². The van der Waals surface area contributed by atoms with Gasteiger partial charge in [0, 0.05) is 47.0 Å². The highest BCUT2D eigenvalue weighted by Gasteiger charge is 2.29. The third-order valence-corrected chi connectivity index (χ3v) is 7.63. The van der Waals surface area contributed by atoms with Crippen LogP contribution < -0.4 is 11.1 Å². The topological polar surface area (TPSA) is 117 Å². The molecule has 5 N–H and O–H groups in total. The van der Waals surface area contributed by atoms with Crippen molar-refractivity contribution in [3.63, 3.8) is 0 Å². The second kappa shape index (κ2) is 11.1. The van der Waals surface area contributed by atoms with Crippen LogP contribution in [0.1, 0.15) is 48.2 Å². The summed E-state index contributed by atoms with van der Waals surface area (Å²) < 4.78 is 2.16. The molecule has 1 atom stereocenters. The number of nitrogens with two attached hydrogens (primary N) is 1. The Balaban J connectivity index is 1.38. The Morgan fingerprint density at radius 2 is 1.46 bits per heavy atom. The maximum absolute atomic E-state index is 13.2. The summed E-state index contributed by atoms with van der Waals surface area (Å²) in [5.74, 6) is 1.35. The lowest BCUT2D eigenvalue weighted by Gasteiger charge is -2.25. The first-order valence-corrected chi connectivity index (χ1v) is 14.0. The van der Waals surface area contributed by atoms with E-state index in [1.54, 1.807) is 13.8 Å². The van der Waals surface area contributed by atoms with Gasteiger partial charge >= 0.3 is 0 Å². The molecule has 3 heterocycles. The van der Waals surface area contributed by atoms with Gasteiger partial charge in [-0.1, -0.05) is 66.7 Å². The zero-order chi connectivity index (χ0) is 28.4. The number of fused-ring (bicyclic) bond motifs is 2. The number of aromatic amines is 2. The molecule has 8 nitrogen and oxygen atoms in total. The van der Waals surface area contributed by atoms with Crippen molar-refractivity contribution in [2.45, 2.75) is 51.2 Å². The molecule has 0 unspecified atom stereocenters. The lowest BCUT2D eigenvalue weighted by atomic mass is 10.0. The van der Waals surface area contributed by atoms with Gasteiger partial charge in [0.15, 0.2) is 5.82 Å². The number of H-pyrrole nitrogens is 2. The summed E-state index contributed by atoms with van der Waals surface area (Å²) in [4.78, 5) is 19.9. The summed E-state index contributed by atoms with van der Waals surface area (Å²) in [6.07, 6.45) is 6.14. The van der Waals surface area contributed by atoms with Crippen LogP contribution in [0.5, 0.6) is 0 Å².